The van der Waals surface area contributed by atoms with Crippen molar-refractivity contribution in [1.29, 1.82) is 0 Å². The Kier molecular flexibility index (Phi) is 4.17. The van der Waals surface area contributed by atoms with Crippen molar-refractivity contribution in [2.45, 2.75) is 6.54 Å². The predicted molar refractivity (Wildman–Crippen MR) is 97.3 cm³/mol. The van der Waals surface area contributed by atoms with Crippen LogP contribution in [-0.4, -0.2) is 24.5 Å². The highest BCUT2D eigenvalue weighted by Gasteiger charge is 2.12. The minimum absolute atomic E-state index is 0.0985. The summed E-state index contributed by atoms with van der Waals surface area (Å²) < 4.78 is 14.3. The van der Waals surface area contributed by atoms with E-state index < -0.39 is 17.1 Å². The maximum Gasteiger partial charge on any atom is 0.334 e. The molecule has 4 aromatic rings. The van der Waals surface area contributed by atoms with Crippen LogP contribution >= 0.6 is 0 Å². The molecular weight excluding hydrogens is 351 g/mol. The zero-order valence-electron chi connectivity index (χ0n) is 13.9. The number of rotatable bonds is 4. The van der Waals surface area contributed by atoms with Crippen LogP contribution < -0.4 is 16.6 Å². The van der Waals surface area contributed by atoms with Crippen LogP contribution in [0.3, 0.4) is 0 Å². The van der Waals surface area contributed by atoms with E-state index in [9.17, 15) is 14.0 Å². The van der Waals surface area contributed by atoms with Crippen molar-refractivity contribution in [1.82, 2.24) is 24.5 Å². The van der Waals surface area contributed by atoms with Gasteiger partial charge >= 0.3 is 5.69 Å². The summed E-state index contributed by atoms with van der Waals surface area (Å²) in [4.78, 5) is 39.9. The van der Waals surface area contributed by atoms with Crippen LogP contribution in [-0.2, 0) is 6.54 Å². The Balaban J connectivity index is 1.72. The molecule has 0 spiro atoms. The first-order chi connectivity index (χ1) is 13.1. The second-order valence-corrected chi connectivity index (χ2v) is 5.72. The molecule has 3 heterocycles. The number of pyridine rings is 1. The Morgan fingerprint density at radius 2 is 2.04 bits per heavy atom. The van der Waals surface area contributed by atoms with Crippen LogP contribution in [0.2, 0.25) is 0 Å². The van der Waals surface area contributed by atoms with Gasteiger partial charge in [-0.05, 0) is 29.8 Å². The Hall–Kier alpha value is -3.88. The SMILES string of the molecule is O=c1[nH]c2nc(NCc3cccnc3)ncc2c(=O)n1-c1cccc(F)c1. The van der Waals surface area contributed by atoms with Gasteiger partial charge in [0.05, 0.1) is 5.69 Å². The van der Waals surface area contributed by atoms with Gasteiger partial charge in [-0.25, -0.2) is 18.7 Å². The van der Waals surface area contributed by atoms with E-state index in [-0.39, 0.29) is 22.7 Å². The fraction of sp³-hybridized carbons (Fsp3) is 0.0556. The van der Waals surface area contributed by atoms with Crippen molar-refractivity contribution in [2.75, 3.05) is 5.32 Å². The molecule has 0 aliphatic rings. The number of anilines is 1. The summed E-state index contributed by atoms with van der Waals surface area (Å²) in [5, 5.41) is 3.12. The van der Waals surface area contributed by atoms with E-state index in [2.05, 4.69) is 25.3 Å². The van der Waals surface area contributed by atoms with Gasteiger partial charge in [-0.1, -0.05) is 12.1 Å². The molecule has 0 amide bonds. The van der Waals surface area contributed by atoms with Crippen LogP contribution in [0.15, 0.2) is 64.6 Å². The highest BCUT2D eigenvalue weighted by atomic mass is 19.1. The molecule has 0 bridgehead atoms. The number of H-pyrrole nitrogens is 1. The van der Waals surface area contributed by atoms with Crippen LogP contribution in [0, 0.1) is 5.82 Å². The van der Waals surface area contributed by atoms with E-state index in [0.29, 0.717) is 6.54 Å². The van der Waals surface area contributed by atoms with Gasteiger partial charge in [-0.3, -0.25) is 14.8 Å². The second-order valence-electron chi connectivity index (χ2n) is 5.72. The van der Waals surface area contributed by atoms with Crippen molar-refractivity contribution >= 4 is 17.0 Å². The smallest absolute Gasteiger partial charge is 0.334 e. The van der Waals surface area contributed by atoms with Crippen LogP contribution in [0.4, 0.5) is 10.3 Å². The zero-order valence-corrected chi connectivity index (χ0v) is 13.9. The zero-order chi connectivity index (χ0) is 18.8. The molecule has 3 aromatic heterocycles. The molecule has 4 rings (SSSR count). The molecule has 0 unspecified atom stereocenters. The Morgan fingerprint density at radius 3 is 2.81 bits per heavy atom. The van der Waals surface area contributed by atoms with E-state index in [0.717, 1.165) is 16.2 Å². The number of hydrogen-bond donors (Lipinski definition) is 2. The number of aromatic amines is 1. The lowest BCUT2D eigenvalue weighted by molar-refractivity contribution is 0.626. The monoisotopic (exact) mass is 364 g/mol. The van der Waals surface area contributed by atoms with Crippen LogP contribution in [0.1, 0.15) is 5.56 Å². The normalized spacial score (nSPS) is 10.9. The molecule has 0 atom stereocenters. The highest BCUT2D eigenvalue weighted by Crippen LogP contribution is 2.09. The lowest BCUT2D eigenvalue weighted by Gasteiger charge is -2.08. The largest absolute Gasteiger partial charge is 0.350 e. The lowest BCUT2D eigenvalue weighted by atomic mass is 10.3. The number of halogens is 1. The molecule has 0 saturated carbocycles. The molecule has 134 valence electrons. The minimum Gasteiger partial charge on any atom is -0.350 e. The van der Waals surface area contributed by atoms with Crippen molar-refractivity contribution in [3.63, 3.8) is 0 Å². The molecule has 27 heavy (non-hydrogen) atoms. The minimum atomic E-state index is -0.713. The summed E-state index contributed by atoms with van der Waals surface area (Å²) in [6.07, 6.45) is 4.69. The van der Waals surface area contributed by atoms with Crippen molar-refractivity contribution in [3.8, 4) is 5.69 Å². The summed E-state index contributed by atoms with van der Waals surface area (Å²) in [7, 11) is 0. The first-order valence-corrected chi connectivity index (χ1v) is 8.02. The van der Waals surface area contributed by atoms with Crippen molar-refractivity contribution in [3.05, 3.63) is 87.2 Å². The summed E-state index contributed by atoms with van der Waals surface area (Å²) in [6, 6.07) is 8.92. The number of nitrogens with zero attached hydrogens (tertiary/aromatic N) is 4. The Bertz CT molecular complexity index is 1240. The Labute approximate surface area is 151 Å². The van der Waals surface area contributed by atoms with E-state index in [1.807, 2.05) is 12.1 Å². The van der Waals surface area contributed by atoms with E-state index >= 15 is 0 Å². The number of aromatic nitrogens is 5. The third kappa shape index (κ3) is 3.30. The van der Waals surface area contributed by atoms with E-state index in [1.54, 1.807) is 12.4 Å². The summed E-state index contributed by atoms with van der Waals surface area (Å²) >= 11 is 0. The highest BCUT2D eigenvalue weighted by molar-refractivity contribution is 5.73. The number of fused-ring (bicyclic) bond motifs is 1. The van der Waals surface area contributed by atoms with Gasteiger partial charge in [0, 0.05) is 25.1 Å². The third-order valence-corrected chi connectivity index (χ3v) is 3.89. The summed E-state index contributed by atoms with van der Waals surface area (Å²) in [5.41, 5.74) is -0.187. The first-order valence-electron chi connectivity index (χ1n) is 8.02. The molecule has 8 nitrogen and oxygen atoms in total. The second kappa shape index (κ2) is 6.79. The van der Waals surface area contributed by atoms with E-state index in [1.165, 1.54) is 24.4 Å². The summed E-state index contributed by atoms with van der Waals surface area (Å²) in [5.74, 6) is -0.296. The number of benzene rings is 1. The fourth-order valence-electron chi connectivity index (χ4n) is 2.62. The Morgan fingerprint density at radius 1 is 1.15 bits per heavy atom. The molecule has 9 heteroatoms. The molecular formula is C18H13FN6O2. The van der Waals surface area contributed by atoms with Gasteiger partial charge in [-0.2, -0.15) is 4.98 Å². The molecule has 0 aliphatic heterocycles. The van der Waals surface area contributed by atoms with Crippen molar-refractivity contribution < 1.29 is 4.39 Å². The quantitative estimate of drug-likeness (QED) is 0.570. The molecule has 1 aromatic carbocycles. The average molecular weight is 364 g/mol. The molecule has 2 N–H and O–H groups in total. The van der Waals surface area contributed by atoms with Gasteiger partial charge in [0.2, 0.25) is 5.95 Å². The first kappa shape index (κ1) is 16.6. The standard InChI is InChI=1S/C18H13FN6O2/c19-12-4-1-5-13(7-12)25-16(26)14-10-22-17(23-15(14)24-18(25)27)21-9-11-3-2-6-20-8-11/h1-8,10H,9H2,(H2,21,22,23,24,27). The number of nitrogens with one attached hydrogen (secondary N) is 2. The topological polar surface area (TPSA) is 106 Å². The summed E-state index contributed by atoms with van der Waals surface area (Å²) in [6.45, 7) is 0.434. The van der Waals surface area contributed by atoms with E-state index in [4.69, 9.17) is 0 Å². The van der Waals surface area contributed by atoms with Crippen LogP contribution in [0.5, 0.6) is 0 Å². The third-order valence-electron chi connectivity index (χ3n) is 3.89. The fourth-order valence-corrected chi connectivity index (χ4v) is 2.62. The van der Waals surface area contributed by atoms with Gasteiger partial charge in [0.15, 0.2) is 5.65 Å². The lowest BCUT2D eigenvalue weighted by Crippen LogP contribution is -2.34. The van der Waals surface area contributed by atoms with Gasteiger partial charge in [0.25, 0.3) is 5.56 Å². The molecule has 0 saturated heterocycles. The molecule has 0 fully saturated rings. The van der Waals surface area contributed by atoms with Crippen LogP contribution in [0.25, 0.3) is 16.7 Å². The predicted octanol–water partition coefficient (Wildman–Crippen LogP) is 1.62. The van der Waals surface area contributed by atoms with Gasteiger partial charge < -0.3 is 5.32 Å². The molecule has 0 aliphatic carbocycles. The molecule has 0 radical (unpaired) electrons. The average Bonchev–Trinajstić information content (AvgIpc) is 2.67. The van der Waals surface area contributed by atoms with Crippen molar-refractivity contribution in [2.24, 2.45) is 0 Å². The maximum absolute atomic E-state index is 13.4. The van der Waals surface area contributed by atoms with Gasteiger partial charge in [-0.15, -0.1) is 0 Å². The maximum atomic E-state index is 13.4. The number of hydrogen-bond acceptors (Lipinski definition) is 6. The van der Waals surface area contributed by atoms with Gasteiger partial charge in [0.1, 0.15) is 11.2 Å².